The van der Waals surface area contributed by atoms with Crippen molar-refractivity contribution < 1.29 is 13.0 Å². The van der Waals surface area contributed by atoms with E-state index in [0.29, 0.717) is 12.0 Å². The van der Waals surface area contributed by atoms with E-state index in [0.717, 1.165) is 29.0 Å². The molecule has 0 aliphatic heterocycles. The highest BCUT2D eigenvalue weighted by Crippen LogP contribution is 2.21. The topological polar surface area (TPSA) is 54.4 Å². The first kappa shape index (κ1) is 16.0. The van der Waals surface area contributed by atoms with E-state index in [2.05, 4.69) is 0 Å². The van der Waals surface area contributed by atoms with Gasteiger partial charge in [0.25, 0.3) is 10.1 Å². The highest BCUT2D eigenvalue weighted by Gasteiger charge is 2.15. The van der Waals surface area contributed by atoms with E-state index in [1.165, 1.54) is 6.07 Å². The van der Waals surface area contributed by atoms with Crippen molar-refractivity contribution in [2.75, 3.05) is 0 Å². The summed E-state index contributed by atoms with van der Waals surface area (Å²) in [6.07, 6.45) is 2.09. The molecular weight excluding hydrogens is 308 g/mol. The molecule has 0 aliphatic carbocycles. The lowest BCUT2D eigenvalue weighted by molar-refractivity contribution is 0.482. The molecule has 1 N–H and O–H groups in total. The molecule has 3 nitrogen and oxygen atoms in total. The normalized spacial score (nSPS) is 11.6. The van der Waals surface area contributed by atoms with E-state index < -0.39 is 10.1 Å². The predicted octanol–water partition coefficient (Wildman–Crippen LogP) is 4.07. The van der Waals surface area contributed by atoms with Crippen LogP contribution in [-0.2, 0) is 23.0 Å². The molecule has 0 unspecified atom stereocenters. The standard InChI is InChI=1S/C16H17ClO3S/c1-12-9-10-16(21(18,19)20)14(11-12)7-4-6-13-5-2-3-8-15(13)17/h2-3,5,8-11H,4,6-7H2,1H3,(H,18,19,20). The van der Waals surface area contributed by atoms with Crippen LogP contribution >= 0.6 is 11.6 Å². The second-order valence-electron chi connectivity index (χ2n) is 5.03. The number of halogens is 1. The molecule has 0 atom stereocenters. The third-order valence-electron chi connectivity index (χ3n) is 3.34. The van der Waals surface area contributed by atoms with Gasteiger partial charge in [0, 0.05) is 5.02 Å². The summed E-state index contributed by atoms with van der Waals surface area (Å²) in [4.78, 5) is -0.00717. The van der Waals surface area contributed by atoms with Crippen molar-refractivity contribution in [3.05, 3.63) is 64.2 Å². The van der Waals surface area contributed by atoms with Crippen LogP contribution in [0.2, 0.25) is 5.02 Å². The molecule has 2 aromatic carbocycles. The zero-order valence-corrected chi connectivity index (χ0v) is 13.3. The lowest BCUT2D eigenvalue weighted by atomic mass is 10.0. The maximum absolute atomic E-state index is 11.4. The second-order valence-corrected chi connectivity index (χ2v) is 6.83. The maximum Gasteiger partial charge on any atom is 0.294 e. The monoisotopic (exact) mass is 324 g/mol. The molecule has 2 aromatic rings. The van der Waals surface area contributed by atoms with Crippen LogP contribution in [0.25, 0.3) is 0 Å². The fraction of sp³-hybridized carbons (Fsp3) is 0.250. The van der Waals surface area contributed by atoms with E-state index in [1.807, 2.05) is 31.2 Å². The summed E-state index contributed by atoms with van der Waals surface area (Å²) in [6.45, 7) is 1.89. The molecule has 21 heavy (non-hydrogen) atoms. The number of hydrogen-bond acceptors (Lipinski definition) is 2. The fourth-order valence-electron chi connectivity index (χ4n) is 2.33. The number of aryl methyl sites for hydroxylation is 3. The van der Waals surface area contributed by atoms with Gasteiger partial charge in [-0.2, -0.15) is 8.42 Å². The van der Waals surface area contributed by atoms with Crippen molar-refractivity contribution >= 4 is 21.7 Å². The van der Waals surface area contributed by atoms with Crippen molar-refractivity contribution in [2.45, 2.75) is 31.1 Å². The maximum atomic E-state index is 11.4. The first-order valence-corrected chi connectivity index (χ1v) is 8.50. The molecule has 0 saturated carbocycles. The van der Waals surface area contributed by atoms with E-state index in [-0.39, 0.29) is 4.90 Å². The van der Waals surface area contributed by atoms with Crippen LogP contribution in [0.4, 0.5) is 0 Å². The van der Waals surface area contributed by atoms with Crippen LogP contribution in [0, 0.1) is 6.92 Å². The molecular formula is C16H17ClO3S. The average Bonchev–Trinajstić information content (AvgIpc) is 2.39. The van der Waals surface area contributed by atoms with Gasteiger partial charge >= 0.3 is 0 Å². The molecule has 0 radical (unpaired) electrons. The number of rotatable bonds is 5. The Kier molecular flexibility index (Phi) is 5.04. The third-order valence-corrected chi connectivity index (χ3v) is 4.67. The van der Waals surface area contributed by atoms with Gasteiger partial charge in [-0.15, -0.1) is 0 Å². The SMILES string of the molecule is Cc1ccc(S(=O)(=O)O)c(CCCc2ccccc2Cl)c1. The van der Waals surface area contributed by atoms with Crippen molar-refractivity contribution in [2.24, 2.45) is 0 Å². The Morgan fingerprint density at radius 3 is 2.38 bits per heavy atom. The lowest BCUT2D eigenvalue weighted by Gasteiger charge is -2.09. The Balaban J connectivity index is 2.14. The molecule has 0 bridgehead atoms. The molecule has 0 fully saturated rings. The van der Waals surface area contributed by atoms with Crippen LogP contribution in [0.1, 0.15) is 23.1 Å². The number of benzene rings is 2. The smallest absolute Gasteiger partial charge is 0.282 e. The van der Waals surface area contributed by atoms with Gasteiger partial charge in [0.2, 0.25) is 0 Å². The third kappa shape index (κ3) is 4.30. The Morgan fingerprint density at radius 2 is 1.71 bits per heavy atom. The molecule has 0 amide bonds. The highest BCUT2D eigenvalue weighted by atomic mass is 35.5. The average molecular weight is 325 g/mol. The summed E-state index contributed by atoms with van der Waals surface area (Å²) in [5.41, 5.74) is 2.65. The van der Waals surface area contributed by atoms with Crippen LogP contribution < -0.4 is 0 Å². The Hall–Kier alpha value is -1.36. The Bertz CT molecular complexity index is 739. The summed E-state index contributed by atoms with van der Waals surface area (Å²) >= 11 is 6.10. The summed E-state index contributed by atoms with van der Waals surface area (Å²) < 4.78 is 32.0. The van der Waals surface area contributed by atoms with Crippen LogP contribution in [0.3, 0.4) is 0 Å². The molecule has 0 saturated heterocycles. The van der Waals surface area contributed by atoms with Gasteiger partial charge in [-0.1, -0.05) is 47.5 Å². The van der Waals surface area contributed by atoms with Gasteiger partial charge in [-0.25, -0.2) is 0 Å². The highest BCUT2D eigenvalue weighted by molar-refractivity contribution is 7.85. The van der Waals surface area contributed by atoms with Crippen LogP contribution in [0.5, 0.6) is 0 Å². The van der Waals surface area contributed by atoms with Gasteiger partial charge < -0.3 is 0 Å². The van der Waals surface area contributed by atoms with Crippen molar-refractivity contribution in [3.63, 3.8) is 0 Å². The Morgan fingerprint density at radius 1 is 1.05 bits per heavy atom. The van der Waals surface area contributed by atoms with Gasteiger partial charge in [0.05, 0.1) is 4.90 Å². The second kappa shape index (κ2) is 6.60. The van der Waals surface area contributed by atoms with Gasteiger partial charge in [0.1, 0.15) is 0 Å². The van der Waals surface area contributed by atoms with Gasteiger partial charge in [-0.3, -0.25) is 4.55 Å². The zero-order chi connectivity index (χ0) is 15.5. The van der Waals surface area contributed by atoms with Crippen molar-refractivity contribution in [1.29, 1.82) is 0 Å². The molecule has 0 spiro atoms. The summed E-state index contributed by atoms with van der Waals surface area (Å²) in [7, 11) is -4.18. The van der Waals surface area contributed by atoms with E-state index in [1.54, 1.807) is 12.1 Å². The fourth-order valence-corrected chi connectivity index (χ4v) is 3.29. The zero-order valence-electron chi connectivity index (χ0n) is 11.7. The van der Waals surface area contributed by atoms with Crippen molar-refractivity contribution in [3.8, 4) is 0 Å². The van der Waals surface area contributed by atoms with Crippen LogP contribution in [0.15, 0.2) is 47.4 Å². The van der Waals surface area contributed by atoms with Crippen LogP contribution in [-0.4, -0.2) is 13.0 Å². The lowest BCUT2D eigenvalue weighted by Crippen LogP contribution is -2.04. The molecule has 112 valence electrons. The summed E-state index contributed by atoms with van der Waals surface area (Å²) in [6, 6.07) is 12.5. The minimum atomic E-state index is -4.18. The minimum absolute atomic E-state index is 0.00717. The first-order valence-electron chi connectivity index (χ1n) is 6.68. The number of hydrogen-bond donors (Lipinski definition) is 1. The first-order chi connectivity index (χ1) is 9.88. The molecule has 0 heterocycles. The molecule has 2 rings (SSSR count). The summed E-state index contributed by atoms with van der Waals surface area (Å²) in [5, 5.41) is 0.719. The van der Waals surface area contributed by atoms with Crippen molar-refractivity contribution in [1.82, 2.24) is 0 Å². The largest absolute Gasteiger partial charge is 0.294 e. The predicted molar refractivity (Wildman–Crippen MR) is 84.5 cm³/mol. The summed E-state index contributed by atoms with van der Waals surface area (Å²) in [5.74, 6) is 0. The van der Waals surface area contributed by atoms with Gasteiger partial charge in [0.15, 0.2) is 0 Å². The van der Waals surface area contributed by atoms with E-state index >= 15 is 0 Å². The van der Waals surface area contributed by atoms with Gasteiger partial charge in [-0.05, 0) is 49.4 Å². The van der Waals surface area contributed by atoms with E-state index in [4.69, 9.17) is 11.6 Å². The Labute approximate surface area is 130 Å². The molecule has 0 aromatic heterocycles. The quantitative estimate of drug-likeness (QED) is 0.843. The molecule has 0 aliphatic rings. The molecule has 5 heteroatoms. The minimum Gasteiger partial charge on any atom is -0.282 e. The van der Waals surface area contributed by atoms with E-state index in [9.17, 15) is 13.0 Å².